The lowest BCUT2D eigenvalue weighted by Gasteiger charge is -2.34. The highest BCUT2D eigenvalue weighted by molar-refractivity contribution is 7.92. The molecule has 0 aliphatic carbocycles. The number of benzene rings is 3. The molecule has 0 bridgehead atoms. The molecule has 0 heterocycles. The number of amides is 2. The number of rotatable bonds is 14. The second kappa shape index (κ2) is 15.2. The normalized spacial score (nSPS) is 12.0. The van der Waals surface area contributed by atoms with Gasteiger partial charge < -0.3 is 10.2 Å². The Balaban J connectivity index is 2.08. The molecule has 3 aromatic carbocycles. The van der Waals surface area contributed by atoms with Gasteiger partial charge in [-0.25, -0.2) is 8.42 Å². The molecule has 0 aliphatic rings. The first-order valence-electron chi connectivity index (χ1n) is 13.7. The molecule has 1 atom stereocenters. The number of anilines is 1. The summed E-state index contributed by atoms with van der Waals surface area (Å²) in [6.07, 6.45) is 3.58. The van der Waals surface area contributed by atoms with Crippen LogP contribution < -0.4 is 9.62 Å². The standard InChI is InChI=1S/C31H37Cl2N3O4S/c1-4-6-18-34-31(38)29(19-23-12-8-7-9-13-23)35(21-25-16-17-26(32)20-27(25)33)30(37)22-36(41(3,39)40)28-15-11-10-14-24(28)5-2/h7-17,20,29H,4-6,18-19,21-22H2,1-3H3,(H,34,38). The molecule has 1 unspecified atom stereocenters. The molecule has 0 aliphatic heterocycles. The van der Waals surface area contributed by atoms with E-state index in [-0.39, 0.29) is 18.9 Å². The quantitative estimate of drug-likeness (QED) is 0.229. The predicted octanol–water partition coefficient (Wildman–Crippen LogP) is 5.88. The van der Waals surface area contributed by atoms with Crippen LogP contribution in [-0.2, 0) is 39.0 Å². The van der Waals surface area contributed by atoms with Crippen molar-refractivity contribution < 1.29 is 18.0 Å². The Morgan fingerprint density at radius 1 is 0.927 bits per heavy atom. The molecule has 41 heavy (non-hydrogen) atoms. The van der Waals surface area contributed by atoms with Crippen LogP contribution in [0.5, 0.6) is 0 Å². The largest absolute Gasteiger partial charge is 0.354 e. The molecular weight excluding hydrogens is 581 g/mol. The first-order valence-corrected chi connectivity index (χ1v) is 16.3. The van der Waals surface area contributed by atoms with Crippen molar-refractivity contribution in [2.45, 2.75) is 52.1 Å². The maximum atomic E-state index is 14.2. The van der Waals surface area contributed by atoms with E-state index in [1.165, 1.54) is 4.90 Å². The fourth-order valence-corrected chi connectivity index (χ4v) is 5.89. The number of nitrogens with one attached hydrogen (secondary N) is 1. The number of nitrogens with zero attached hydrogens (tertiary/aromatic N) is 2. The van der Waals surface area contributed by atoms with Gasteiger partial charge in [0.25, 0.3) is 0 Å². The van der Waals surface area contributed by atoms with Crippen molar-refractivity contribution in [3.63, 3.8) is 0 Å². The lowest BCUT2D eigenvalue weighted by Crippen LogP contribution is -2.53. The van der Waals surface area contributed by atoms with Crippen LogP contribution in [0.15, 0.2) is 72.8 Å². The molecular formula is C31H37Cl2N3O4S. The minimum Gasteiger partial charge on any atom is -0.354 e. The molecule has 0 radical (unpaired) electrons. The summed E-state index contributed by atoms with van der Waals surface area (Å²) in [6.45, 7) is 3.92. The summed E-state index contributed by atoms with van der Waals surface area (Å²) >= 11 is 12.6. The lowest BCUT2D eigenvalue weighted by atomic mass is 10.0. The molecule has 0 saturated heterocycles. The van der Waals surface area contributed by atoms with Gasteiger partial charge in [0, 0.05) is 29.6 Å². The Morgan fingerprint density at radius 3 is 2.24 bits per heavy atom. The number of hydrogen-bond donors (Lipinski definition) is 1. The first-order chi connectivity index (χ1) is 19.5. The molecule has 1 N–H and O–H groups in total. The van der Waals surface area contributed by atoms with E-state index in [0.717, 1.165) is 34.5 Å². The van der Waals surface area contributed by atoms with Gasteiger partial charge in [0.05, 0.1) is 11.9 Å². The second-order valence-electron chi connectivity index (χ2n) is 9.86. The van der Waals surface area contributed by atoms with Gasteiger partial charge in [-0.1, -0.05) is 98.1 Å². The number of hydrogen-bond acceptors (Lipinski definition) is 4. The Labute approximate surface area is 253 Å². The van der Waals surface area contributed by atoms with Crippen molar-refractivity contribution in [2.75, 3.05) is 23.7 Å². The Bertz CT molecular complexity index is 1430. The zero-order chi connectivity index (χ0) is 30.0. The Hall–Kier alpha value is -3.07. The molecule has 2 amide bonds. The van der Waals surface area contributed by atoms with E-state index >= 15 is 0 Å². The monoisotopic (exact) mass is 617 g/mol. The van der Waals surface area contributed by atoms with Crippen molar-refractivity contribution in [3.05, 3.63) is 99.5 Å². The lowest BCUT2D eigenvalue weighted by molar-refractivity contribution is -0.140. The zero-order valence-electron chi connectivity index (χ0n) is 23.6. The van der Waals surface area contributed by atoms with Gasteiger partial charge in [-0.05, 0) is 47.7 Å². The molecule has 0 aromatic heterocycles. The summed E-state index contributed by atoms with van der Waals surface area (Å²) < 4.78 is 27.1. The summed E-state index contributed by atoms with van der Waals surface area (Å²) in [5, 5.41) is 3.75. The molecule has 0 fully saturated rings. The van der Waals surface area contributed by atoms with Gasteiger partial charge in [-0.15, -0.1) is 0 Å². The fraction of sp³-hybridized carbons (Fsp3) is 0.355. The average molecular weight is 619 g/mol. The Kier molecular flexibility index (Phi) is 12.1. The fourth-order valence-electron chi connectivity index (χ4n) is 4.54. The number of aryl methyl sites for hydroxylation is 1. The summed E-state index contributed by atoms with van der Waals surface area (Å²) in [7, 11) is -3.85. The van der Waals surface area contributed by atoms with Gasteiger partial charge in [0.1, 0.15) is 12.6 Å². The van der Waals surface area contributed by atoms with Crippen LogP contribution in [0.1, 0.15) is 43.4 Å². The Morgan fingerprint density at radius 2 is 1.61 bits per heavy atom. The molecule has 10 heteroatoms. The maximum Gasteiger partial charge on any atom is 0.244 e. The van der Waals surface area contributed by atoms with E-state index in [1.807, 2.05) is 56.3 Å². The van der Waals surface area contributed by atoms with Gasteiger partial charge in [0.15, 0.2) is 0 Å². The van der Waals surface area contributed by atoms with Crippen LogP contribution in [0.2, 0.25) is 10.0 Å². The number of sulfonamides is 1. The molecule has 0 spiro atoms. The van der Waals surface area contributed by atoms with Crippen molar-refractivity contribution in [2.24, 2.45) is 0 Å². The third kappa shape index (κ3) is 9.21. The highest BCUT2D eigenvalue weighted by Crippen LogP contribution is 2.27. The van der Waals surface area contributed by atoms with Crippen molar-refractivity contribution in [1.82, 2.24) is 10.2 Å². The third-order valence-corrected chi connectivity index (χ3v) is 8.49. The molecule has 3 rings (SSSR count). The van der Waals surface area contributed by atoms with Gasteiger partial charge in [-0.3, -0.25) is 13.9 Å². The average Bonchev–Trinajstić information content (AvgIpc) is 2.94. The van der Waals surface area contributed by atoms with E-state index in [0.29, 0.717) is 34.3 Å². The molecule has 3 aromatic rings. The van der Waals surface area contributed by atoms with Gasteiger partial charge in [-0.2, -0.15) is 0 Å². The zero-order valence-corrected chi connectivity index (χ0v) is 26.0. The summed E-state index contributed by atoms with van der Waals surface area (Å²) in [6, 6.07) is 20.5. The van der Waals surface area contributed by atoms with E-state index in [2.05, 4.69) is 5.32 Å². The number of carbonyl (C=O) groups is 2. The van der Waals surface area contributed by atoms with E-state index in [1.54, 1.807) is 30.3 Å². The molecule has 7 nitrogen and oxygen atoms in total. The van der Waals surface area contributed by atoms with Crippen LogP contribution in [0, 0.1) is 0 Å². The van der Waals surface area contributed by atoms with Crippen molar-refractivity contribution >= 4 is 50.7 Å². The third-order valence-electron chi connectivity index (χ3n) is 6.78. The smallest absolute Gasteiger partial charge is 0.244 e. The molecule has 0 saturated carbocycles. The van der Waals surface area contributed by atoms with Crippen molar-refractivity contribution in [1.29, 1.82) is 0 Å². The maximum absolute atomic E-state index is 14.2. The summed E-state index contributed by atoms with van der Waals surface area (Å²) in [4.78, 5) is 29.3. The van der Waals surface area contributed by atoms with E-state index in [9.17, 15) is 18.0 Å². The number of unbranched alkanes of at least 4 members (excludes halogenated alkanes) is 1. The van der Waals surface area contributed by atoms with Crippen molar-refractivity contribution in [3.8, 4) is 0 Å². The second-order valence-corrected chi connectivity index (χ2v) is 12.6. The number of carbonyl (C=O) groups excluding carboxylic acids is 2. The van der Waals surface area contributed by atoms with Crippen LogP contribution in [0.3, 0.4) is 0 Å². The predicted molar refractivity (Wildman–Crippen MR) is 167 cm³/mol. The van der Waals surface area contributed by atoms with Crippen LogP contribution in [0.25, 0.3) is 0 Å². The minimum absolute atomic E-state index is 0.0133. The first kappa shape index (κ1) is 32.4. The van der Waals surface area contributed by atoms with Crippen LogP contribution in [-0.4, -0.2) is 50.5 Å². The number of para-hydroxylation sites is 1. The topological polar surface area (TPSA) is 86.8 Å². The SMILES string of the molecule is CCCCNC(=O)C(Cc1ccccc1)N(Cc1ccc(Cl)cc1Cl)C(=O)CN(c1ccccc1CC)S(C)(=O)=O. The van der Waals surface area contributed by atoms with E-state index < -0.39 is 28.5 Å². The summed E-state index contributed by atoms with van der Waals surface area (Å²) in [5.41, 5.74) is 2.67. The summed E-state index contributed by atoms with van der Waals surface area (Å²) in [5.74, 6) is -0.848. The minimum atomic E-state index is -3.85. The highest BCUT2D eigenvalue weighted by atomic mass is 35.5. The molecule has 220 valence electrons. The van der Waals surface area contributed by atoms with Crippen LogP contribution >= 0.6 is 23.2 Å². The van der Waals surface area contributed by atoms with Gasteiger partial charge >= 0.3 is 0 Å². The van der Waals surface area contributed by atoms with Crippen LogP contribution in [0.4, 0.5) is 5.69 Å². The van der Waals surface area contributed by atoms with E-state index in [4.69, 9.17) is 23.2 Å². The van der Waals surface area contributed by atoms with Gasteiger partial charge in [0.2, 0.25) is 21.8 Å². The number of halogens is 2. The highest BCUT2D eigenvalue weighted by Gasteiger charge is 2.33.